The van der Waals surface area contributed by atoms with E-state index in [-0.39, 0.29) is 22.2 Å². The molecular formula is C16H13ClF2N2O4. The van der Waals surface area contributed by atoms with Gasteiger partial charge in [-0.05, 0) is 31.2 Å². The van der Waals surface area contributed by atoms with Gasteiger partial charge in [0.05, 0.1) is 5.69 Å². The number of pyridine rings is 1. The number of benzene rings is 1. The largest absolute Gasteiger partial charge is 0.448 e. The number of amides is 1. The first-order chi connectivity index (χ1) is 11.9. The number of halogens is 3. The van der Waals surface area contributed by atoms with E-state index in [1.54, 1.807) is 0 Å². The number of para-hydroxylation sites is 2. The lowest BCUT2D eigenvalue weighted by Gasteiger charge is -2.15. The van der Waals surface area contributed by atoms with E-state index in [1.807, 2.05) is 0 Å². The maximum Gasteiger partial charge on any atom is 0.387 e. The van der Waals surface area contributed by atoms with E-state index < -0.39 is 24.6 Å². The molecule has 0 saturated heterocycles. The maximum atomic E-state index is 12.4. The average molecular weight is 371 g/mol. The number of rotatable bonds is 6. The van der Waals surface area contributed by atoms with Gasteiger partial charge in [0.25, 0.3) is 5.91 Å². The summed E-state index contributed by atoms with van der Waals surface area (Å²) >= 11 is 5.75. The molecule has 1 amide bonds. The highest BCUT2D eigenvalue weighted by Crippen LogP contribution is 2.25. The zero-order valence-electron chi connectivity index (χ0n) is 12.9. The molecule has 25 heavy (non-hydrogen) atoms. The van der Waals surface area contributed by atoms with Crippen LogP contribution < -0.4 is 10.1 Å². The first-order valence-electron chi connectivity index (χ1n) is 7.04. The van der Waals surface area contributed by atoms with Crippen molar-refractivity contribution in [2.45, 2.75) is 19.6 Å². The molecule has 0 radical (unpaired) electrons. The predicted octanol–water partition coefficient (Wildman–Crippen LogP) is 3.52. The predicted molar refractivity (Wildman–Crippen MR) is 85.8 cm³/mol. The van der Waals surface area contributed by atoms with Crippen LogP contribution in [0, 0.1) is 0 Å². The Morgan fingerprint density at radius 1 is 1.24 bits per heavy atom. The summed E-state index contributed by atoms with van der Waals surface area (Å²) in [5.74, 6) is -1.77. The zero-order chi connectivity index (χ0) is 18.4. The lowest BCUT2D eigenvalue weighted by atomic mass is 10.2. The number of esters is 1. The van der Waals surface area contributed by atoms with Gasteiger partial charge in [-0.3, -0.25) is 4.79 Å². The Labute approximate surface area is 146 Å². The van der Waals surface area contributed by atoms with Crippen LogP contribution in [0.1, 0.15) is 17.4 Å². The molecule has 0 aliphatic heterocycles. The molecule has 0 unspecified atom stereocenters. The van der Waals surface area contributed by atoms with Gasteiger partial charge in [0.2, 0.25) is 0 Å². The Kier molecular flexibility index (Phi) is 6.24. The fourth-order valence-electron chi connectivity index (χ4n) is 1.79. The van der Waals surface area contributed by atoms with Crippen molar-refractivity contribution in [3.05, 3.63) is 53.3 Å². The van der Waals surface area contributed by atoms with Crippen molar-refractivity contribution in [2.75, 3.05) is 5.32 Å². The monoisotopic (exact) mass is 370 g/mol. The molecule has 1 aromatic heterocycles. The number of carbonyl (C=O) groups is 2. The van der Waals surface area contributed by atoms with E-state index in [1.165, 1.54) is 49.5 Å². The van der Waals surface area contributed by atoms with Crippen LogP contribution in [0.3, 0.4) is 0 Å². The average Bonchev–Trinajstić information content (AvgIpc) is 2.56. The van der Waals surface area contributed by atoms with Crippen LogP contribution in [-0.4, -0.2) is 29.6 Å². The Balaban J connectivity index is 2.02. The highest BCUT2D eigenvalue weighted by molar-refractivity contribution is 6.30. The zero-order valence-corrected chi connectivity index (χ0v) is 13.7. The highest BCUT2D eigenvalue weighted by Gasteiger charge is 2.21. The molecule has 1 N–H and O–H groups in total. The normalized spacial score (nSPS) is 11.7. The first-order valence-corrected chi connectivity index (χ1v) is 7.42. The van der Waals surface area contributed by atoms with Gasteiger partial charge >= 0.3 is 12.6 Å². The maximum absolute atomic E-state index is 12.4. The second-order valence-corrected chi connectivity index (χ2v) is 5.21. The number of anilines is 1. The molecule has 0 spiro atoms. The highest BCUT2D eigenvalue weighted by atomic mass is 35.5. The van der Waals surface area contributed by atoms with E-state index >= 15 is 0 Å². The third-order valence-corrected chi connectivity index (χ3v) is 3.18. The van der Waals surface area contributed by atoms with E-state index in [0.717, 1.165) is 0 Å². The lowest BCUT2D eigenvalue weighted by Crippen LogP contribution is -2.30. The summed E-state index contributed by atoms with van der Waals surface area (Å²) in [4.78, 5) is 27.8. The molecule has 9 heteroatoms. The van der Waals surface area contributed by atoms with Gasteiger partial charge in [-0.15, -0.1) is 0 Å². The molecule has 0 bridgehead atoms. The number of carbonyl (C=O) groups excluding carboxylic acids is 2. The first kappa shape index (κ1) is 18.6. The van der Waals surface area contributed by atoms with E-state index in [4.69, 9.17) is 16.3 Å². The summed E-state index contributed by atoms with van der Waals surface area (Å²) in [6.07, 6.45) is 0.120. The van der Waals surface area contributed by atoms with Crippen LogP contribution in [0.5, 0.6) is 5.75 Å². The smallest absolute Gasteiger partial charge is 0.387 e. The van der Waals surface area contributed by atoms with Crippen molar-refractivity contribution in [2.24, 2.45) is 0 Å². The van der Waals surface area contributed by atoms with Crippen molar-refractivity contribution < 1.29 is 27.8 Å². The SMILES string of the molecule is C[C@H](OC(=O)c1cc(Cl)ccn1)C(=O)Nc1ccccc1OC(F)F. The number of alkyl halides is 2. The van der Waals surface area contributed by atoms with Gasteiger partial charge in [0, 0.05) is 11.2 Å². The molecule has 2 aromatic rings. The van der Waals surface area contributed by atoms with E-state index in [9.17, 15) is 18.4 Å². The minimum absolute atomic E-state index is 0.0246. The fraction of sp³-hybridized carbons (Fsp3) is 0.188. The van der Waals surface area contributed by atoms with Crippen LogP contribution in [-0.2, 0) is 9.53 Å². The number of ether oxygens (including phenoxy) is 2. The van der Waals surface area contributed by atoms with Crippen LogP contribution in [0.25, 0.3) is 0 Å². The summed E-state index contributed by atoms with van der Waals surface area (Å²) in [6.45, 7) is -1.71. The number of aromatic nitrogens is 1. The lowest BCUT2D eigenvalue weighted by molar-refractivity contribution is -0.123. The summed E-state index contributed by atoms with van der Waals surface area (Å²) in [6, 6.07) is 8.42. The second kappa shape index (κ2) is 8.39. The number of nitrogens with one attached hydrogen (secondary N) is 1. The molecule has 0 aliphatic rings. The topological polar surface area (TPSA) is 77.5 Å². The summed E-state index contributed by atoms with van der Waals surface area (Å²) < 4.78 is 34.0. The van der Waals surface area contributed by atoms with Gasteiger partial charge < -0.3 is 14.8 Å². The molecule has 0 aliphatic carbocycles. The molecule has 0 saturated carbocycles. The number of nitrogens with zero attached hydrogens (tertiary/aromatic N) is 1. The second-order valence-electron chi connectivity index (χ2n) is 4.77. The van der Waals surface area contributed by atoms with Crippen LogP contribution in [0.15, 0.2) is 42.6 Å². The van der Waals surface area contributed by atoms with Crippen molar-refractivity contribution in [1.29, 1.82) is 0 Å². The molecule has 0 fully saturated rings. The van der Waals surface area contributed by atoms with E-state index in [2.05, 4.69) is 15.0 Å². The Morgan fingerprint density at radius 3 is 2.64 bits per heavy atom. The van der Waals surface area contributed by atoms with Crippen molar-refractivity contribution >= 4 is 29.2 Å². The van der Waals surface area contributed by atoms with Crippen LogP contribution in [0.2, 0.25) is 5.02 Å². The van der Waals surface area contributed by atoms with Crippen molar-refractivity contribution in [1.82, 2.24) is 4.98 Å². The third-order valence-electron chi connectivity index (χ3n) is 2.95. The summed E-state index contributed by atoms with van der Waals surface area (Å²) in [5.41, 5.74) is -0.0369. The summed E-state index contributed by atoms with van der Waals surface area (Å²) in [7, 11) is 0. The molecular weight excluding hydrogens is 358 g/mol. The Hall–Kier alpha value is -2.74. The molecule has 2 rings (SSSR count). The Morgan fingerprint density at radius 2 is 1.96 bits per heavy atom. The van der Waals surface area contributed by atoms with Gasteiger partial charge in [-0.2, -0.15) is 8.78 Å². The van der Waals surface area contributed by atoms with Gasteiger partial charge in [0.15, 0.2) is 6.10 Å². The fourth-order valence-corrected chi connectivity index (χ4v) is 1.95. The van der Waals surface area contributed by atoms with Gasteiger partial charge in [-0.1, -0.05) is 23.7 Å². The molecule has 1 atom stereocenters. The molecule has 132 valence electrons. The number of hydrogen-bond donors (Lipinski definition) is 1. The van der Waals surface area contributed by atoms with E-state index in [0.29, 0.717) is 0 Å². The Bertz CT molecular complexity index is 773. The summed E-state index contributed by atoms with van der Waals surface area (Å²) in [5, 5.41) is 2.65. The molecule has 1 heterocycles. The standard InChI is InChI=1S/C16H13ClF2N2O4/c1-9(24-15(23)12-8-10(17)6-7-20-12)14(22)21-11-4-2-3-5-13(11)25-16(18)19/h2-9,16H,1H3,(H,21,22)/t9-/m0/s1. The minimum Gasteiger partial charge on any atom is -0.448 e. The third kappa shape index (κ3) is 5.39. The van der Waals surface area contributed by atoms with Crippen LogP contribution >= 0.6 is 11.6 Å². The van der Waals surface area contributed by atoms with Crippen LogP contribution in [0.4, 0.5) is 14.5 Å². The van der Waals surface area contributed by atoms with Crippen molar-refractivity contribution in [3.63, 3.8) is 0 Å². The van der Waals surface area contributed by atoms with Gasteiger partial charge in [-0.25, -0.2) is 9.78 Å². The van der Waals surface area contributed by atoms with Crippen molar-refractivity contribution in [3.8, 4) is 5.75 Å². The van der Waals surface area contributed by atoms with Gasteiger partial charge in [0.1, 0.15) is 11.4 Å². The quantitative estimate of drug-likeness (QED) is 0.787. The number of hydrogen-bond acceptors (Lipinski definition) is 5. The molecule has 1 aromatic carbocycles. The minimum atomic E-state index is -3.04. The molecule has 6 nitrogen and oxygen atoms in total.